The lowest BCUT2D eigenvalue weighted by atomic mass is 10.2. The second kappa shape index (κ2) is 7.02. The predicted molar refractivity (Wildman–Crippen MR) is 81.1 cm³/mol. The molecular weight excluding hydrogens is 252 g/mol. The van der Waals surface area contributed by atoms with Gasteiger partial charge in [-0.15, -0.1) is 0 Å². The van der Waals surface area contributed by atoms with E-state index in [0.717, 1.165) is 49.9 Å². The Morgan fingerprint density at radius 1 is 1.35 bits per heavy atom. The number of nitrogens with zero attached hydrogens (tertiary/aromatic N) is 3. The summed E-state index contributed by atoms with van der Waals surface area (Å²) in [5.41, 5.74) is 2.03. The molecule has 0 bridgehead atoms. The maximum Gasteiger partial charge on any atom is 0.122 e. The van der Waals surface area contributed by atoms with Gasteiger partial charge in [0.05, 0.1) is 12.8 Å². The number of hydrogen-bond acceptors (Lipinski definition) is 5. The first-order valence-corrected chi connectivity index (χ1v) is 7.19. The molecule has 0 amide bonds. The first kappa shape index (κ1) is 15.2. The number of hydrogen-bond donors (Lipinski definition) is 1. The summed E-state index contributed by atoms with van der Waals surface area (Å²) >= 11 is 0. The summed E-state index contributed by atoms with van der Waals surface area (Å²) in [6.45, 7) is 7.18. The van der Waals surface area contributed by atoms with Crippen LogP contribution in [0.1, 0.15) is 11.4 Å². The van der Waals surface area contributed by atoms with Gasteiger partial charge in [0.25, 0.3) is 0 Å². The second-order valence-corrected chi connectivity index (χ2v) is 5.67. The number of methoxy groups -OCH3 is 1. The molecule has 1 aliphatic heterocycles. The quantitative estimate of drug-likeness (QED) is 0.860. The number of rotatable bonds is 5. The molecule has 1 aliphatic rings. The largest absolute Gasteiger partial charge is 0.497 e. The number of ether oxygens (including phenoxy) is 1. The van der Waals surface area contributed by atoms with Crippen LogP contribution >= 0.6 is 0 Å². The number of likely N-dealkylation sites (N-methyl/N-ethyl adjacent to an activating group) is 2. The molecular formula is C15H26N4O. The summed E-state index contributed by atoms with van der Waals surface area (Å²) in [4.78, 5) is 9.35. The molecule has 1 aromatic rings. The Morgan fingerprint density at radius 3 is 2.90 bits per heavy atom. The lowest BCUT2D eigenvalue weighted by molar-refractivity contribution is 0.113. The highest BCUT2D eigenvalue weighted by Crippen LogP contribution is 2.13. The lowest BCUT2D eigenvalue weighted by Gasteiger charge is -2.37. The highest BCUT2D eigenvalue weighted by molar-refractivity contribution is 5.26. The summed E-state index contributed by atoms with van der Waals surface area (Å²) in [6.07, 6.45) is 0. The first-order valence-electron chi connectivity index (χ1n) is 7.19. The Hall–Kier alpha value is -1.17. The van der Waals surface area contributed by atoms with Crippen molar-refractivity contribution in [2.45, 2.75) is 19.5 Å². The topological polar surface area (TPSA) is 40.6 Å². The molecule has 1 aromatic heterocycles. The molecule has 1 unspecified atom stereocenters. The molecule has 0 aromatic carbocycles. The zero-order valence-electron chi connectivity index (χ0n) is 13.0. The molecule has 0 radical (unpaired) electrons. The van der Waals surface area contributed by atoms with Crippen LogP contribution in [0.25, 0.3) is 0 Å². The van der Waals surface area contributed by atoms with Crippen LogP contribution < -0.4 is 10.1 Å². The molecule has 0 saturated carbocycles. The van der Waals surface area contributed by atoms with E-state index in [1.54, 1.807) is 7.11 Å². The van der Waals surface area contributed by atoms with E-state index in [4.69, 9.17) is 4.74 Å². The third-order valence-corrected chi connectivity index (χ3v) is 3.88. The van der Waals surface area contributed by atoms with E-state index in [9.17, 15) is 0 Å². The molecule has 2 heterocycles. The van der Waals surface area contributed by atoms with Crippen molar-refractivity contribution in [1.29, 1.82) is 0 Å². The van der Waals surface area contributed by atoms with E-state index in [-0.39, 0.29) is 0 Å². The van der Waals surface area contributed by atoms with Gasteiger partial charge in [0.2, 0.25) is 0 Å². The van der Waals surface area contributed by atoms with E-state index in [1.165, 1.54) is 0 Å². The Morgan fingerprint density at radius 2 is 2.15 bits per heavy atom. The average molecular weight is 278 g/mol. The zero-order valence-corrected chi connectivity index (χ0v) is 13.0. The van der Waals surface area contributed by atoms with Crippen molar-refractivity contribution in [3.8, 4) is 5.75 Å². The number of aryl methyl sites for hydroxylation is 1. The fourth-order valence-electron chi connectivity index (χ4n) is 2.60. The summed E-state index contributed by atoms with van der Waals surface area (Å²) in [5.74, 6) is 0.879. The van der Waals surface area contributed by atoms with Gasteiger partial charge in [-0.25, -0.2) is 0 Å². The van der Waals surface area contributed by atoms with Gasteiger partial charge in [-0.05, 0) is 21.0 Å². The van der Waals surface area contributed by atoms with Crippen LogP contribution in [0.3, 0.4) is 0 Å². The van der Waals surface area contributed by atoms with Crippen LogP contribution in [0.5, 0.6) is 5.75 Å². The molecule has 1 saturated heterocycles. The molecule has 5 nitrogen and oxygen atoms in total. The minimum absolute atomic E-state index is 0.570. The zero-order chi connectivity index (χ0) is 14.5. The summed E-state index contributed by atoms with van der Waals surface area (Å²) in [6, 6.07) is 4.52. The van der Waals surface area contributed by atoms with Gasteiger partial charge < -0.3 is 15.0 Å². The van der Waals surface area contributed by atoms with E-state index in [0.29, 0.717) is 6.04 Å². The van der Waals surface area contributed by atoms with Gasteiger partial charge in [0.15, 0.2) is 0 Å². The fraction of sp³-hybridized carbons (Fsp3) is 0.667. The lowest BCUT2D eigenvalue weighted by Crippen LogP contribution is -2.53. The molecule has 5 heteroatoms. The van der Waals surface area contributed by atoms with Gasteiger partial charge in [0.1, 0.15) is 5.75 Å². The SMILES string of the molecule is COc1cc(C)nc(CNCC2CN(C)CCN2C)c1. The molecule has 2 rings (SSSR count). The molecule has 0 aliphatic carbocycles. The highest BCUT2D eigenvalue weighted by atomic mass is 16.5. The Kier molecular flexibility index (Phi) is 5.34. The van der Waals surface area contributed by atoms with Crippen LogP contribution in [0.15, 0.2) is 12.1 Å². The van der Waals surface area contributed by atoms with Gasteiger partial charge in [-0.2, -0.15) is 0 Å². The maximum absolute atomic E-state index is 5.28. The average Bonchev–Trinajstić information content (AvgIpc) is 2.42. The maximum atomic E-state index is 5.28. The van der Waals surface area contributed by atoms with E-state index >= 15 is 0 Å². The Bertz CT molecular complexity index is 438. The number of piperazine rings is 1. The van der Waals surface area contributed by atoms with Crippen molar-refractivity contribution in [3.05, 3.63) is 23.5 Å². The molecule has 1 fully saturated rings. The van der Waals surface area contributed by atoms with E-state index in [2.05, 4.69) is 34.2 Å². The fourth-order valence-corrected chi connectivity index (χ4v) is 2.60. The molecule has 0 spiro atoms. The second-order valence-electron chi connectivity index (χ2n) is 5.67. The van der Waals surface area contributed by atoms with Crippen LogP contribution in [0.2, 0.25) is 0 Å². The molecule has 20 heavy (non-hydrogen) atoms. The van der Waals surface area contributed by atoms with Crippen molar-refractivity contribution in [2.75, 3.05) is 47.4 Å². The standard InChI is InChI=1S/C15H26N4O/c1-12-7-15(20-4)8-13(17-12)9-16-10-14-11-18(2)5-6-19(14)3/h7-8,14,16H,5-6,9-11H2,1-4H3. The monoisotopic (exact) mass is 278 g/mol. The predicted octanol–water partition coefficient (Wildman–Crippen LogP) is 0.734. The van der Waals surface area contributed by atoms with Gasteiger partial charge in [-0.1, -0.05) is 0 Å². The smallest absolute Gasteiger partial charge is 0.122 e. The van der Waals surface area contributed by atoms with E-state index in [1.807, 2.05) is 19.1 Å². The molecule has 1 N–H and O–H groups in total. The summed E-state index contributed by atoms with van der Waals surface area (Å²) < 4.78 is 5.28. The van der Waals surface area contributed by atoms with E-state index < -0.39 is 0 Å². The molecule has 112 valence electrons. The Balaban J connectivity index is 1.84. The third-order valence-electron chi connectivity index (χ3n) is 3.88. The first-order chi connectivity index (χ1) is 9.58. The van der Waals surface area contributed by atoms with Crippen LogP contribution in [0.4, 0.5) is 0 Å². The Labute approximate surface area is 121 Å². The van der Waals surface area contributed by atoms with Crippen LogP contribution in [0, 0.1) is 6.92 Å². The van der Waals surface area contributed by atoms with Gasteiger partial charge in [0, 0.05) is 56.6 Å². The van der Waals surface area contributed by atoms with Crippen molar-refractivity contribution >= 4 is 0 Å². The molecule has 1 atom stereocenters. The minimum Gasteiger partial charge on any atom is -0.497 e. The van der Waals surface area contributed by atoms with Crippen LogP contribution in [-0.4, -0.2) is 68.2 Å². The summed E-state index contributed by atoms with van der Waals surface area (Å²) in [5, 5.41) is 3.51. The van der Waals surface area contributed by atoms with Crippen LogP contribution in [-0.2, 0) is 6.54 Å². The van der Waals surface area contributed by atoms with Crippen molar-refractivity contribution < 1.29 is 4.74 Å². The van der Waals surface area contributed by atoms with Crippen molar-refractivity contribution in [2.24, 2.45) is 0 Å². The minimum atomic E-state index is 0.570. The normalized spacial score (nSPS) is 21.1. The third kappa shape index (κ3) is 4.16. The van der Waals surface area contributed by atoms with Gasteiger partial charge >= 0.3 is 0 Å². The number of aromatic nitrogens is 1. The van der Waals surface area contributed by atoms with Crippen molar-refractivity contribution in [1.82, 2.24) is 20.1 Å². The number of pyridine rings is 1. The van der Waals surface area contributed by atoms with Gasteiger partial charge in [-0.3, -0.25) is 9.88 Å². The van der Waals surface area contributed by atoms with Crippen molar-refractivity contribution in [3.63, 3.8) is 0 Å². The number of nitrogens with one attached hydrogen (secondary N) is 1. The summed E-state index contributed by atoms with van der Waals surface area (Å²) in [7, 11) is 6.08. The highest BCUT2D eigenvalue weighted by Gasteiger charge is 2.21.